The summed E-state index contributed by atoms with van der Waals surface area (Å²) in [6, 6.07) is 14.6. The number of hydrogen-bond acceptors (Lipinski definition) is 6. The number of nitrogens with one attached hydrogen (secondary N) is 2. The van der Waals surface area contributed by atoms with Gasteiger partial charge < -0.3 is 20.1 Å². The molecule has 0 bridgehead atoms. The van der Waals surface area contributed by atoms with Gasteiger partial charge in [0.2, 0.25) is 0 Å². The highest BCUT2D eigenvalue weighted by molar-refractivity contribution is 5.78. The van der Waals surface area contributed by atoms with Crippen molar-refractivity contribution < 1.29 is 19.1 Å². The predicted molar refractivity (Wildman–Crippen MR) is 120 cm³/mol. The van der Waals surface area contributed by atoms with Gasteiger partial charge in [-0.3, -0.25) is 9.59 Å². The van der Waals surface area contributed by atoms with E-state index in [1.807, 2.05) is 57.2 Å². The van der Waals surface area contributed by atoms with Crippen molar-refractivity contribution in [3.63, 3.8) is 0 Å². The van der Waals surface area contributed by atoms with Crippen LogP contribution >= 0.6 is 0 Å². The number of nitrogens with zero attached hydrogens (tertiary/aromatic N) is 3. The summed E-state index contributed by atoms with van der Waals surface area (Å²) in [6.07, 6.45) is 1.74. The van der Waals surface area contributed by atoms with E-state index in [0.29, 0.717) is 35.0 Å². The zero-order valence-electron chi connectivity index (χ0n) is 18.4. The van der Waals surface area contributed by atoms with Crippen LogP contribution in [-0.4, -0.2) is 52.6 Å². The zero-order chi connectivity index (χ0) is 22.9. The van der Waals surface area contributed by atoms with Crippen molar-refractivity contribution in [2.24, 2.45) is 0 Å². The zero-order valence-corrected chi connectivity index (χ0v) is 18.4. The highest BCUT2D eigenvalue weighted by Gasteiger charge is 2.14. The monoisotopic (exact) mass is 437 g/mol. The largest absolute Gasteiger partial charge is 0.483 e. The normalized spacial score (nSPS) is 10.6. The molecular weight excluding hydrogens is 410 g/mol. The van der Waals surface area contributed by atoms with E-state index in [1.54, 1.807) is 23.0 Å². The second kappa shape index (κ2) is 10.9. The number of para-hydroxylation sites is 3. The van der Waals surface area contributed by atoms with E-state index in [0.717, 1.165) is 0 Å². The molecule has 0 aliphatic rings. The molecule has 0 saturated carbocycles. The lowest BCUT2D eigenvalue weighted by molar-refractivity contribution is -0.124. The van der Waals surface area contributed by atoms with E-state index >= 15 is 0 Å². The van der Waals surface area contributed by atoms with Gasteiger partial charge in [0.25, 0.3) is 11.8 Å². The number of carbonyl (C=O) groups is 2. The molecule has 2 amide bonds. The first-order chi connectivity index (χ1) is 15.5. The lowest BCUT2D eigenvalue weighted by Crippen LogP contribution is -2.34. The maximum Gasteiger partial charge on any atom is 0.258 e. The van der Waals surface area contributed by atoms with E-state index < -0.39 is 0 Å². The van der Waals surface area contributed by atoms with Crippen molar-refractivity contribution in [2.75, 3.05) is 19.8 Å². The van der Waals surface area contributed by atoms with Crippen LogP contribution in [0.4, 0.5) is 0 Å². The minimum atomic E-state index is -0.200. The molecule has 0 radical (unpaired) electrons. The highest BCUT2D eigenvalue weighted by Crippen LogP contribution is 2.29. The SMILES string of the molecule is CCNC(=O)COc1ccccc1-n1cc(-c2ccccc2OCC(=O)NC(C)C)nn1. The lowest BCUT2D eigenvalue weighted by Gasteiger charge is -2.12. The van der Waals surface area contributed by atoms with Crippen LogP contribution in [0.15, 0.2) is 54.7 Å². The minimum Gasteiger partial charge on any atom is -0.483 e. The first-order valence-corrected chi connectivity index (χ1v) is 10.4. The van der Waals surface area contributed by atoms with Crippen molar-refractivity contribution in [1.29, 1.82) is 0 Å². The molecule has 32 heavy (non-hydrogen) atoms. The Morgan fingerprint density at radius 2 is 1.62 bits per heavy atom. The topological polar surface area (TPSA) is 107 Å². The Balaban J connectivity index is 1.79. The second-order valence-electron chi connectivity index (χ2n) is 7.27. The Bertz CT molecular complexity index is 1060. The van der Waals surface area contributed by atoms with Gasteiger partial charge in [-0.15, -0.1) is 5.10 Å². The van der Waals surface area contributed by atoms with E-state index in [9.17, 15) is 9.59 Å². The summed E-state index contributed by atoms with van der Waals surface area (Å²) >= 11 is 0. The fraction of sp³-hybridized carbons (Fsp3) is 0.304. The molecule has 3 rings (SSSR count). The van der Waals surface area contributed by atoms with E-state index in [-0.39, 0.29) is 31.1 Å². The summed E-state index contributed by atoms with van der Waals surface area (Å²) in [5, 5.41) is 14.0. The molecule has 0 unspecified atom stereocenters. The maximum atomic E-state index is 11.9. The van der Waals surface area contributed by atoms with Gasteiger partial charge in [-0.2, -0.15) is 0 Å². The van der Waals surface area contributed by atoms with Gasteiger partial charge in [0, 0.05) is 18.2 Å². The number of ether oxygens (including phenoxy) is 2. The molecule has 9 heteroatoms. The van der Waals surface area contributed by atoms with Gasteiger partial charge >= 0.3 is 0 Å². The van der Waals surface area contributed by atoms with Gasteiger partial charge in [0.1, 0.15) is 22.9 Å². The van der Waals surface area contributed by atoms with Crippen molar-refractivity contribution >= 4 is 11.8 Å². The molecule has 168 valence electrons. The predicted octanol–water partition coefficient (Wildman–Crippen LogP) is 2.35. The van der Waals surface area contributed by atoms with Crippen molar-refractivity contribution in [1.82, 2.24) is 25.6 Å². The van der Waals surface area contributed by atoms with Crippen LogP contribution in [0.5, 0.6) is 11.5 Å². The van der Waals surface area contributed by atoms with Gasteiger partial charge in [-0.05, 0) is 45.0 Å². The fourth-order valence-electron chi connectivity index (χ4n) is 2.98. The number of benzene rings is 2. The smallest absolute Gasteiger partial charge is 0.258 e. The molecule has 0 aliphatic heterocycles. The van der Waals surface area contributed by atoms with E-state index in [1.165, 1.54) is 0 Å². The summed E-state index contributed by atoms with van der Waals surface area (Å²) in [5.74, 6) is 0.634. The molecule has 0 saturated heterocycles. The quantitative estimate of drug-likeness (QED) is 0.504. The summed E-state index contributed by atoms with van der Waals surface area (Å²) in [6.45, 7) is 5.98. The Hall–Kier alpha value is -3.88. The second-order valence-corrected chi connectivity index (χ2v) is 7.27. The van der Waals surface area contributed by atoms with Crippen LogP contribution in [0.2, 0.25) is 0 Å². The van der Waals surface area contributed by atoms with Crippen LogP contribution in [-0.2, 0) is 9.59 Å². The summed E-state index contributed by atoms with van der Waals surface area (Å²) in [5.41, 5.74) is 1.92. The average Bonchev–Trinajstić information content (AvgIpc) is 3.26. The standard InChI is InChI=1S/C23H27N5O4/c1-4-24-22(29)14-32-21-12-8-6-10-19(21)28-13-18(26-27-28)17-9-5-7-11-20(17)31-15-23(30)25-16(2)3/h5-13,16H,4,14-15H2,1-3H3,(H,24,29)(H,25,30). The molecule has 2 N–H and O–H groups in total. The number of aromatic nitrogens is 3. The highest BCUT2D eigenvalue weighted by atomic mass is 16.5. The third-order valence-corrected chi connectivity index (χ3v) is 4.31. The molecule has 0 fully saturated rings. The number of carbonyl (C=O) groups excluding carboxylic acids is 2. The van der Waals surface area contributed by atoms with E-state index in [4.69, 9.17) is 9.47 Å². The molecule has 0 atom stereocenters. The van der Waals surface area contributed by atoms with Gasteiger partial charge in [-0.1, -0.05) is 29.5 Å². The first kappa shape index (κ1) is 22.8. The Kier molecular flexibility index (Phi) is 7.80. The van der Waals surface area contributed by atoms with Crippen LogP contribution in [0, 0.1) is 0 Å². The summed E-state index contributed by atoms with van der Waals surface area (Å²) in [4.78, 5) is 23.7. The molecular formula is C23H27N5O4. The third-order valence-electron chi connectivity index (χ3n) is 4.31. The molecule has 9 nitrogen and oxygen atoms in total. The molecule has 1 aromatic heterocycles. The molecule has 2 aromatic carbocycles. The first-order valence-electron chi connectivity index (χ1n) is 10.4. The van der Waals surface area contributed by atoms with E-state index in [2.05, 4.69) is 20.9 Å². The molecule has 1 heterocycles. The van der Waals surface area contributed by atoms with Crippen molar-refractivity contribution in [2.45, 2.75) is 26.8 Å². The van der Waals surface area contributed by atoms with Gasteiger partial charge in [-0.25, -0.2) is 4.68 Å². The summed E-state index contributed by atoms with van der Waals surface area (Å²) in [7, 11) is 0. The number of hydrogen-bond donors (Lipinski definition) is 2. The Morgan fingerprint density at radius 1 is 0.969 bits per heavy atom. The van der Waals surface area contributed by atoms with Crippen LogP contribution < -0.4 is 20.1 Å². The molecule has 0 aliphatic carbocycles. The number of likely N-dealkylation sites (N-methyl/N-ethyl adjacent to an activating group) is 1. The number of amides is 2. The Morgan fingerprint density at radius 3 is 2.38 bits per heavy atom. The van der Waals surface area contributed by atoms with Gasteiger partial charge in [0.05, 0.1) is 6.20 Å². The Labute approximate surface area is 186 Å². The van der Waals surface area contributed by atoms with Crippen LogP contribution in [0.3, 0.4) is 0 Å². The average molecular weight is 438 g/mol. The van der Waals surface area contributed by atoms with Crippen molar-refractivity contribution in [3.05, 3.63) is 54.7 Å². The fourth-order valence-corrected chi connectivity index (χ4v) is 2.98. The van der Waals surface area contributed by atoms with Crippen LogP contribution in [0.25, 0.3) is 16.9 Å². The summed E-state index contributed by atoms with van der Waals surface area (Å²) < 4.78 is 13.0. The van der Waals surface area contributed by atoms with Gasteiger partial charge in [0.15, 0.2) is 13.2 Å². The van der Waals surface area contributed by atoms with Crippen LogP contribution in [0.1, 0.15) is 20.8 Å². The lowest BCUT2D eigenvalue weighted by atomic mass is 10.1. The van der Waals surface area contributed by atoms with Crippen molar-refractivity contribution in [3.8, 4) is 28.4 Å². The molecule has 0 spiro atoms. The molecule has 3 aromatic rings. The maximum absolute atomic E-state index is 11.9. The third kappa shape index (κ3) is 6.07. The number of rotatable bonds is 10. The minimum absolute atomic E-state index is 0.0385.